The number of thiocarbonyl (C=S) groups is 1. The first kappa shape index (κ1) is 15.5. The summed E-state index contributed by atoms with van der Waals surface area (Å²) in [6.45, 7) is 6.88. The Labute approximate surface area is 131 Å². The van der Waals surface area contributed by atoms with Gasteiger partial charge in [0.2, 0.25) is 0 Å². The number of rotatable bonds is 4. The molecule has 1 atom stereocenters. The second-order valence-corrected chi connectivity index (χ2v) is 5.64. The number of benzene rings is 1. The highest BCUT2D eigenvalue weighted by Gasteiger charge is 2.10. The molecule has 0 aliphatic carbocycles. The van der Waals surface area contributed by atoms with E-state index in [4.69, 9.17) is 12.2 Å². The number of aryl methyl sites for hydroxylation is 2. The minimum atomic E-state index is 0.183. The zero-order chi connectivity index (χ0) is 15.4. The zero-order valence-electron chi connectivity index (χ0n) is 13.0. The summed E-state index contributed by atoms with van der Waals surface area (Å²) in [7, 11) is 1.96. The summed E-state index contributed by atoms with van der Waals surface area (Å²) in [6, 6.07) is 10.5. The second kappa shape index (κ2) is 6.72. The Morgan fingerprint density at radius 1 is 1.29 bits per heavy atom. The van der Waals surface area contributed by atoms with Crippen LogP contribution in [0.4, 0.5) is 0 Å². The minimum absolute atomic E-state index is 0.183. The molecule has 1 unspecified atom stereocenters. The molecule has 0 saturated carbocycles. The molecule has 0 aliphatic rings. The lowest BCUT2D eigenvalue weighted by Gasteiger charge is -2.17. The van der Waals surface area contributed by atoms with E-state index in [1.807, 2.05) is 36.9 Å². The van der Waals surface area contributed by atoms with Crippen molar-refractivity contribution >= 4 is 17.3 Å². The number of nitrogens with one attached hydrogen (secondary N) is 2. The smallest absolute Gasteiger partial charge is 0.167 e. The first-order valence-corrected chi connectivity index (χ1v) is 7.48. The van der Waals surface area contributed by atoms with Gasteiger partial charge in [0.1, 0.15) is 0 Å². The topological polar surface area (TPSA) is 41.9 Å². The summed E-state index contributed by atoms with van der Waals surface area (Å²) in [4.78, 5) is 0. The van der Waals surface area contributed by atoms with Gasteiger partial charge in [0.25, 0.3) is 0 Å². The Bertz CT molecular complexity index is 619. The lowest BCUT2D eigenvalue weighted by molar-refractivity contribution is 0.696. The average Bonchev–Trinajstić information content (AvgIpc) is 2.71. The van der Waals surface area contributed by atoms with E-state index in [0.29, 0.717) is 11.7 Å². The van der Waals surface area contributed by atoms with Crippen LogP contribution in [0.2, 0.25) is 0 Å². The molecule has 0 bridgehead atoms. The van der Waals surface area contributed by atoms with Gasteiger partial charge in [-0.1, -0.05) is 30.3 Å². The van der Waals surface area contributed by atoms with Crippen molar-refractivity contribution in [1.29, 1.82) is 0 Å². The minimum Gasteiger partial charge on any atom is -0.359 e. The van der Waals surface area contributed by atoms with Gasteiger partial charge >= 0.3 is 0 Å². The Morgan fingerprint density at radius 3 is 2.52 bits per heavy atom. The van der Waals surface area contributed by atoms with E-state index in [-0.39, 0.29) is 6.04 Å². The van der Waals surface area contributed by atoms with Gasteiger partial charge in [-0.25, -0.2) is 0 Å². The molecule has 5 heteroatoms. The summed E-state index contributed by atoms with van der Waals surface area (Å²) in [6.07, 6.45) is 0. The Balaban J connectivity index is 1.91. The maximum Gasteiger partial charge on any atom is 0.167 e. The van der Waals surface area contributed by atoms with Crippen LogP contribution in [0.1, 0.15) is 35.5 Å². The van der Waals surface area contributed by atoms with E-state index >= 15 is 0 Å². The van der Waals surface area contributed by atoms with Gasteiger partial charge in [-0.2, -0.15) is 5.10 Å². The van der Waals surface area contributed by atoms with Crippen LogP contribution in [0.15, 0.2) is 30.3 Å². The fourth-order valence-corrected chi connectivity index (χ4v) is 2.56. The van der Waals surface area contributed by atoms with Crippen LogP contribution in [0, 0.1) is 13.8 Å². The van der Waals surface area contributed by atoms with Crippen LogP contribution < -0.4 is 10.6 Å². The second-order valence-electron chi connectivity index (χ2n) is 5.23. The van der Waals surface area contributed by atoms with Gasteiger partial charge in [0.15, 0.2) is 5.11 Å². The molecule has 0 radical (unpaired) electrons. The van der Waals surface area contributed by atoms with Gasteiger partial charge in [-0.3, -0.25) is 4.68 Å². The Kier molecular flexibility index (Phi) is 4.96. The highest BCUT2D eigenvalue weighted by Crippen LogP contribution is 2.12. The van der Waals surface area contributed by atoms with E-state index in [1.165, 1.54) is 16.8 Å². The number of aromatic nitrogens is 2. The lowest BCUT2D eigenvalue weighted by atomic mass is 10.1. The van der Waals surface area contributed by atoms with Gasteiger partial charge in [0, 0.05) is 24.8 Å². The average molecular weight is 302 g/mol. The first-order valence-electron chi connectivity index (χ1n) is 7.07. The molecule has 2 aromatic rings. The molecule has 0 fully saturated rings. The van der Waals surface area contributed by atoms with Crippen LogP contribution in [0.25, 0.3) is 0 Å². The molecule has 0 spiro atoms. The standard InChI is InChI=1S/C16H22N4S/c1-11(14-8-6-5-7-9-14)18-16(21)17-10-15-12(2)19-20(4)13(15)3/h5-9,11H,10H2,1-4H3,(H2,17,18,21). The van der Waals surface area contributed by atoms with Crippen LogP contribution in [0.5, 0.6) is 0 Å². The van der Waals surface area contributed by atoms with Crippen molar-refractivity contribution in [2.45, 2.75) is 33.4 Å². The summed E-state index contributed by atoms with van der Waals surface area (Å²) in [5.41, 5.74) is 4.63. The Hall–Kier alpha value is -1.88. The van der Waals surface area contributed by atoms with Gasteiger partial charge < -0.3 is 10.6 Å². The normalized spacial score (nSPS) is 12.0. The third-order valence-corrected chi connectivity index (χ3v) is 3.99. The monoisotopic (exact) mass is 302 g/mol. The van der Waals surface area contributed by atoms with Gasteiger partial charge in [-0.05, 0) is 38.6 Å². The van der Waals surface area contributed by atoms with E-state index < -0.39 is 0 Å². The third kappa shape index (κ3) is 3.82. The van der Waals surface area contributed by atoms with E-state index in [1.54, 1.807) is 0 Å². The maximum atomic E-state index is 5.37. The maximum absolute atomic E-state index is 5.37. The van der Waals surface area contributed by atoms with Crippen LogP contribution in [-0.4, -0.2) is 14.9 Å². The molecular formula is C16H22N4S. The fourth-order valence-electron chi connectivity index (χ4n) is 2.31. The van der Waals surface area contributed by atoms with Gasteiger partial charge in [0.05, 0.1) is 11.7 Å². The van der Waals surface area contributed by atoms with Crippen molar-refractivity contribution in [3.05, 3.63) is 52.8 Å². The summed E-state index contributed by atoms with van der Waals surface area (Å²) in [5.74, 6) is 0. The Morgan fingerprint density at radius 2 is 1.95 bits per heavy atom. The van der Waals surface area contributed by atoms with Crippen molar-refractivity contribution in [3.63, 3.8) is 0 Å². The van der Waals surface area contributed by atoms with Crippen molar-refractivity contribution in [2.24, 2.45) is 7.05 Å². The molecule has 1 aromatic carbocycles. The van der Waals surface area contributed by atoms with E-state index in [9.17, 15) is 0 Å². The molecule has 0 aliphatic heterocycles. The van der Waals surface area contributed by atoms with Crippen molar-refractivity contribution in [1.82, 2.24) is 20.4 Å². The fraction of sp³-hybridized carbons (Fsp3) is 0.375. The zero-order valence-corrected chi connectivity index (χ0v) is 13.8. The number of nitrogens with zero attached hydrogens (tertiary/aromatic N) is 2. The molecule has 1 heterocycles. The molecule has 0 saturated heterocycles. The summed E-state index contributed by atoms with van der Waals surface area (Å²) < 4.78 is 1.90. The van der Waals surface area contributed by atoms with Crippen LogP contribution in [-0.2, 0) is 13.6 Å². The van der Waals surface area contributed by atoms with Crippen LogP contribution in [0.3, 0.4) is 0 Å². The third-order valence-electron chi connectivity index (χ3n) is 3.73. The molecular weight excluding hydrogens is 280 g/mol. The van der Waals surface area contributed by atoms with E-state index in [2.05, 4.69) is 41.7 Å². The predicted molar refractivity (Wildman–Crippen MR) is 90.1 cm³/mol. The molecule has 21 heavy (non-hydrogen) atoms. The van der Waals surface area contributed by atoms with Crippen molar-refractivity contribution < 1.29 is 0 Å². The van der Waals surface area contributed by atoms with Gasteiger partial charge in [-0.15, -0.1) is 0 Å². The highest BCUT2D eigenvalue weighted by atomic mass is 32.1. The lowest BCUT2D eigenvalue weighted by Crippen LogP contribution is -2.36. The first-order chi connectivity index (χ1) is 9.99. The predicted octanol–water partition coefficient (Wildman–Crippen LogP) is 2.76. The largest absolute Gasteiger partial charge is 0.359 e. The molecule has 2 N–H and O–H groups in total. The van der Waals surface area contributed by atoms with Crippen molar-refractivity contribution in [2.75, 3.05) is 0 Å². The summed E-state index contributed by atoms with van der Waals surface area (Å²) >= 11 is 5.37. The molecule has 2 rings (SSSR count). The molecule has 112 valence electrons. The number of hydrogen-bond acceptors (Lipinski definition) is 2. The molecule has 4 nitrogen and oxygen atoms in total. The van der Waals surface area contributed by atoms with Crippen LogP contribution >= 0.6 is 12.2 Å². The molecule has 1 aromatic heterocycles. The molecule has 0 amide bonds. The van der Waals surface area contributed by atoms with E-state index in [0.717, 1.165) is 5.69 Å². The number of hydrogen-bond donors (Lipinski definition) is 2. The highest BCUT2D eigenvalue weighted by molar-refractivity contribution is 7.80. The summed E-state index contributed by atoms with van der Waals surface area (Å²) in [5, 5.41) is 11.6. The van der Waals surface area contributed by atoms with Crippen molar-refractivity contribution in [3.8, 4) is 0 Å². The SMILES string of the molecule is Cc1nn(C)c(C)c1CNC(=S)NC(C)c1ccccc1. The quantitative estimate of drug-likeness (QED) is 0.852.